The summed E-state index contributed by atoms with van der Waals surface area (Å²) in [5.41, 5.74) is 2.84. The monoisotopic (exact) mass is 501 g/mol. The molecule has 3 aromatic rings. The maximum atomic E-state index is 9.64. The molecule has 0 spiro atoms. The molecule has 0 unspecified atom stereocenters. The fourth-order valence-corrected chi connectivity index (χ4v) is 4.02. The number of nitrogens with zero attached hydrogens (tertiary/aromatic N) is 3. The van der Waals surface area contributed by atoms with Crippen LogP contribution in [0.4, 0.5) is 0 Å². The number of hydrogen-bond donors (Lipinski definition) is 0. The number of rotatable bonds is 10. The van der Waals surface area contributed by atoms with Gasteiger partial charge in [0, 0.05) is 17.5 Å². The molecule has 33 heavy (non-hydrogen) atoms. The van der Waals surface area contributed by atoms with Crippen molar-refractivity contribution in [3.05, 3.63) is 76.1 Å². The molecular formula is C25H25Cl2N3O2S. The van der Waals surface area contributed by atoms with Crippen molar-refractivity contribution in [3.8, 4) is 17.6 Å². The average molecular weight is 502 g/mol. The summed E-state index contributed by atoms with van der Waals surface area (Å²) in [7, 11) is 0. The first-order valence-electron chi connectivity index (χ1n) is 10.4. The molecule has 0 aliphatic carbocycles. The minimum absolute atomic E-state index is 0.366. The molecule has 1 heterocycles. The van der Waals surface area contributed by atoms with Gasteiger partial charge in [-0.25, -0.2) is 9.97 Å². The normalized spacial score (nSPS) is 11.2. The first-order chi connectivity index (χ1) is 15.9. The van der Waals surface area contributed by atoms with Gasteiger partial charge in [0.15, 0.2) is 10.9 Å². The van der Waals surface area contributed by atoms with Crippen molar-refractivity contribution in [1.29, 1.82) is 5.26 Å². The Hall–Kier alpha value is -2.46. The molecule has 0 saturated heterocycles. The van der Waals surface area contributed by atoms with Gasteiger partial charge in [0.2, 0.25) is 0 Å². The number of halogens is 2. The van der Waals surface area contributed by atoms with Crippen molar-refractivity contribution >= 4 is 35.0 Å². The fourth-order valence-electron chi connectivity index (χ4n) is 3.26. The maximum absolute atomic E-state index is 9.64. The van der Waals surface area contributed by atoms with Crippen molar-refractivity contribution in [1.82, 2.24) is 9.97 Å². The van der Waals surface area contributed by atoms with Crippen LogP contribution in [0.25, 0.3) is 0 Å². The molecule has 2 aromatic carbocycles. The van der Waals surface area contributed by atoms with E-state index in [4.69, 9.17) is 32.7 Å². The Morgan fingerprint density at radius 2 is 1.85 bits per heavy atom. The predicted molar refractivity (Wildman–Crippen MR) is 134 cm³/mol. The van der Waals surface area contributed by atoms with Crippen LogP contribution in [0.15, 0.2) is 53.8 Å². The number of nitriles is 1. The molecule has 172 valence electrons. The fraction of sp³-hybridized carbons (Fsp3) is 0.320. The molecule has 0 saturated carbocycles. The van der Waals surface area contributed by atoms with Gasteiger partial charge in [0.05, 0.1) is 22.9 Å². The van der Waals surface area contributed by atoms with Gasteiger partial charge in [-0.2, -0.15) is 5.26 Å². The standard InChI is InChI=1S/C25H25Cl2N3O2S/c1-25(2,19-13-17(15-28)23(22(27)14-19)31-12-4-10-26)18-5-7-21(8-6-18)32-16-20-9-11-29-24(30-20)33-3/h5-9,11,13-14H,4,10,12,16H2,1-3H3. The summed E-state index contributed by atoms with van der Waals surface area (Å²) in [6, 6.07) is 15.7. The number of thioether (sulfide) groups is 1. The highest BCUT2D eigenvalue weighted by Gasteiger charge is 2.26. The van der Waals surface area contributed by atoms with Crippen molar-refractivity contribution in [2.45, 2.75) is 37.4 Å². The van der Waals surface area contributed by atoms with Gasteiger partial charge in [-0.3, -0.25) is 0 Å². The summed E-state index contributed by atoms with van der Waals surface area (Å²) in [6.45, 7) is 4.96. The molecule has 0 aliphatic heterocycles. The van der Waals surface area contributed by atoms with Crippen molar-refractivity contribution < 1.29 is 9.47 Å². The van der Waals surface area contributed by atoms with Gasteiger partial charge in [0.25, 0.3) is 0 Å². The van der Waals surface area contributed by atoms with E-state index in [1.165, 1.54) is 11.8 Å². The molecule has 0 amide bonds. The average Bonchev–Trinajstić information content (AvgIpc) is 2.83. The third-order valence-corrected chi connectivity index (χ3v) is 6.36. The summed E-state index contributed by atoms with van der Waals surface area (Å²) in [4.78, 5) is 8.61. The molecule has 0 fully saturated rings. The van der Waals surface area contributed by atoms with Gasteiger partial charge in [0.1, 0.15) is 18.4 Å². The van der Waals surface area contributed by atoms with E-state index in [1.54, 1.807) is 6.20 Å². The lowest BCUT2D eigenvalue weighted by Crippen LogP contribution is -2.19. The summed E-state index contributed by atoms with van der Waals surface area (Å²) in [6.07, 6.45) is 4.35. The van der Waals surface area contributed by atoms with Crippen LogP contribution in [-0.4, -0.2) is 28.7 Å². The van der Waals surface area contributed by atoms with Crippen LogP contribution in [0.2, 0.25) is 5.02 Å². The second-order valence-electron chi connectivity index (χ2n) is 7.81. The second-order valence-corrected chi connectivity index (χ2v) is 9.37. The second kappa shape index (κ2) is 11.6. The molecule has 3 rings (SSSR count). The molecule has 0 atom stereocenters. The maximum Gasteiger partial charge on any atom is 0.187 e. The number of benzene rings is 2. The van der Waals surface area contributed by atoms with E-state index in [1.807, 2.05) is 48.7 Å². The van der Waals surface area contributed by atoms with Gasteiger partial charge in [-0.15, -0.1) is 11.6 Å². The van der Waals surface area contributed by atoms with E-state index in [9.17, 15) is 5.26 Å². The molecule has 5 nitrogen and oxygen atoms in total. The first kappa shape index (κ1) is 25.2. The predicted octanol–water partition coefficient (Wildman–Crippen LogP) is 6.64. The van der Waals surface area contributed by atoms with E-state index in [2.05, 4.69) is 29.9 Å². The van der Waals surface area contributed by atoms with Crippen molar-refractivity contribution in [3.63, 3.8) is 0 Å². The van der Waals surface area contributed by atoms with E-state index < -0.39 is 0 Å². The van der Waals surface area contributed by atoms with Crippen molar-refractivity contribution in [2.75, 3.05) is 18.7 Å². The van der Waals surface area contributed by atoms with Gasteiger partial charge in [-0.1, -0.05) is 49.3 Å². The highest BCUT2D eigenvalue weighted by atomic mass is 35.5. The Kier molecular flexibility index (Phi) is 8.85. The Morgan fingerprint density at radius 1 is 1.09 bits per heavy atom. The molecular weight excluding hydrogens is 477 g/mol. The molecule has 0 radical (unpaired) electrons. The lowest BCUT2D eigenvalue weighted by molar-refractivity contribution is 0.300. The number of aromatic nitrogens is 2. The van der Waals surface area contributed by atoms with Crippen molar-refractivity contribution in [2.24, 2.45) is 0 Å². The van der Waals surface area contributed by atoms with Gasteiger partial charge >= 0.3 is 0 Å². The van der Waals surface area contributed by atoms with Gasteiger partial charge in [-0.05, 0) is 54.1 Å². The van der Waals surface area contributed by atoms with Crippen LogP contribution in [0, 0.1) is 11.3 Å². The van der Waals surface area contributed by atoms with Crippen LogP contribution in [-0.2, 0) is 12.0 Å². The molecule has 0 bridgehead atoms. The zero-order valence-corrected chi connectivity index (χ0v) is 21.1. The quantitative estimate of drug-likeness (QED) is 0.134. The zero-order valence-electron chi connectivity index (χ0n) is 18.8. The molecule has 1 aromatic heterocycles. The lowest BCUT2D eigenvalue weighted by Gasteiger charge is -2.27. The van der Waals surface area contributed by atoms with Crippen LogP contribution in [0.1, 0.15) is 42.7 Å². The van der Waals surface area contributed by atoms with Crippen LogP contribution in [0.3, 0.4) is 0 Å². The SMILES string of the molecule is CSc1nccc(COc2ccc(C(C)(C)c3cc(Cl)c(OCCCCl)c(C#N)c3)cc2)n1. The highest BCUT2D eigenvalue weighted by molar-refractivity contribution is 7.98. The summed E-state index contributed by atoms with van der Waals surface area (Å²) >= 11 is 13.7. The molecule has 0 N–H and O–H groups in total. The minimum atomic E-state index is -0.387. The highest BCUT2D eigenvalue weighted by Crippen LogP contribution is 2.38. The topological polar surface area (TPSA) is 68.0 Å². The number of alkyl halides is 1. The van der Waals surface area contributed by atoms with Crippen LogP contribution >= 0.6 is 35.0 Å². The third kappa shape index (κ3) is 6.32. The van der Waals surface area contributed by atoms with E-state index in [0.717, 1.165) is 27.7 Å². The van der Waals surface area contributed by atoms with E-state index in [0.29, 0.717) is 41.9 Å². The van der Waals surface area contributed by atoms with E-state index >= 15 is 0 Å². The Balaban J connectivity index is 1.76. The smallest absolute Gasteiger partial charge is 0.187 e. The number of hydrogen-bond acceptors (Lipinski definition) is 6. The van der Waals surface area contributed by atoms with Crippen LogP contribution < -0.4 is 9.47 Å². The van der Waals surface area contributed by atoms with Gasteiger partial charge < -0.3 is 9.47 Å². The zero-order chi connectivity index (χ0) is 23.8. The minimum Gasteiger partial charge on any atom is -0.491 e. The first-order valence-corrected chi connectivity index (χ1v) is 12.5. The number of ether oxygens (including phenoxy) is 2. The Bertz CT molecular complexity index is 1130. The Labute approximate surface area is 209 Å². The Morgan fingerprint density at radius 3 is 2.52 bits per heavy atom. The summed E-state index contributed by atoms with van der Waals surface area (Å²) < 4.78 is 11.6. The summed E-state index contributed by atoms with van der Waals surface area (Å²) in [5.74, 6) is 1.64. The third-order valence-electron chi connectivity index (χ3n) is 5.25. The molecule has 8 heteroatoms. The van der Waals surface area contributed by atoms with Crippen LogP contribution in [0.5, 0.6) is 11.5 Å². The van der Waals surface area contributed by atoms with E-state index in [-0.39, 0.29) is 5.41 Å². The molecule has 0 aliphatic rings. The summed E-state index contributed by atoms with van der Waals surface area (Å²) in [5, 5.41) is 10.8. The lowest BCUT2D eigenvalue weighted by atomic mass is 9.77. The largest absolute Gasteiger partial charge is 0.491 e.